The van der Waals surface area contributed by atoms with E-state index in [0.717, 1.165) is 32.1 Å². The van der Waals surface area contributed by atoms with Crippen LogP contribution in [0.2, 0.25) is 0 Å². The van der Waals surface area contributed by atoms with E-state index in [0.29, 0.717) is 6.54 Å². The van der Waals surface area contributed by atoms with Crippen molar-refractivity contribution in [3.63, 3.8) is 0 Å². The lowest BCUT2D eigenvalue weighted by molar-refractivity contribution is 0.0326. The number of carboxylic acid groups (broad SMARTS) is 1. The topological polar surface area (TPSA) is 67.6 Å². The van der Waals surface area contributed by atoms with Gasteiger partial charge in [0.15, 0.2) is 5.69 Å². The third-order valence-electron chi connectivity index (χ3n) is 2.66. The lowest BCUT2D eigenvalue weighted by Gasteiger charge is -2.25. The van der Waals surface area contributed by atoms with Gasteiger partial charge in [-0.05, 0) is 0 Å². The zero-order chi connectivity index (χ0) is 11.5. The number of rotatable bonds is 3. The molecule has 0 radical (unpaired) electrons. The summed E-state index contributed by atoms with van der Waals surface area (Å²) < 4.78 is 7.01. The predicted molar refractivity (Wildman–Crippen MR) is 56.3 cm³/mol. The Morgan fingerprint density at radius 1 is 1.56 bits per heavy atom. The zero-order valence-electron chi connectivity index (χ0n) is 9.22. The maximum absolute atomic E-state index is 10.7. The SMILES string of the molecule is Cn1cc(C(=O)O)nc1CN1CCOCC1. The number of nitrogens with zero attached hydrogens (tertiary/aromatic N) is 3. The highest BCUT2D eigenvalue weighted by Gasteiger charge is 2.16. The fraction of sp³-hybridized carbons (Fsp3) is 0.600. The number of ether oxygens (including phenoxy) is 1. The maximum atomic E-state index is 10.7. The number of imidazole rings is 1. The van der Waals surface area contributed by atoms with Crippen LogP contribution in [-0.2, 0) is 18.3 Å². The molecular formula is C10H15N3O3. The first-order valence-corrected chi connectivity index (χ1v) is 5.22. The number of aromatic nitrogens is 2. The number of hydrogen-bond acceptors (Lipinski definition) is 4. The van der Waals surface area contributed by atoms with E-state index >= 15 is 0 Å². The largest absolute Gasteiger partial charge is 0.476 e. The van der Waals surface area contributed by atoms with Crippen molar-refractivity contribution < 1.29 is 14.6 Å². The highest BCUT2D eigenvalue weighted by atomic mass is 16.5. The summed E-state index contributed by atoms with van der Waals surface area (Å²) in [6, 6.07) is 0. The number of carbonyl (C=O) groups is 1. The Kier molecular flexibility index (Phi) is 3.21. The minimum Gasteiger partial charge on any atom is -0.476 e. The predicted octanol–water partition coefficient (Wildman–Crippen LogP) is -0.0495. The lowest BCUT2D eigenvalue weighted by Crippen LogP contribution is -2.36. The summed E-state index contributed by atoms with van der Waals surface area (Å²) in [5.41, 5.74) is 0.103. The van der Waals surface area contributed by atoms with Crippen LogP contribution in [0.3, 0.4) is 0 Å². The molecule has 0 aromatic carbocycles. The van der Waals surface area contributed by atoms with Gasteiger partial charge in [-0.25, -0.2) is 9.78 Å². The molecule has 0 amide bonds. The van der Waals surface area contributed by atoms with Crippen LogP contribution < -0.4 is 0 Å². The van der Waals surface area contributed by atoms with Gasteiger partial charge in [0.2, 0.25) is 0 Å². The summed E-state index contributed by atoms with van der Waals surface area (Å²) in [6.07, 6.45) is 1.54. The first-order chi connectivity index (χ1) is 7.66. The van der Waals surface area contributed by atoms with Crippen LogP contribution in [0.15, 0.2) is 6.20 Å². The molecule has 1 saturated heterocycles. The normalized spacial score (nSPS) is 17.6. The van der Waals surface area contributed by atoms with Crippen LogP contribution in [0.4, 0.5) is 0 Å². The molecule has 0 spiro atoms. The van der Waals surface area contributed by atoms with E-state index in [1.807, 2.05) is 7.05 Å². The smallest absolute Gasteiger partial charge is 0.356 e. The fourth-order valence-corrected chi connectivity index (χ4v) is 1.71. The van der Waals surface area contributed by atoms with Crippen molar-refractivity contribution in [1.82, 2.24) is 14.5 Å². The zero-order valence-corrected chi connectivity index (χ0v) is 9.22. The Hall–Kier alpha value is -1.40. The molecule has 6 heteroatoms. The molecule has 1 aromatic rings. The first kappa shape index (κ1) is 11.1. The fourth-order valence-electron chi connectivity index (χ4n) is 1.71. The van der Waals surface area contributed by atoms with E-state index in [1.165, 1.54) is 6.20 Å². The van der Waals surface area contributed by atoms with Crippen LogP contribution in [-0.4, -0.2) is 51.8 Å². The number of carboxylic acids is 1. The van der Waals surface area contributed by atoms with E-state index in [1.54, 1.807) is 4.57 Å². The van der Waals surface area contributed by atoms with Crippen LogP contribution in [0.5, 0.6) is 0 Å². The summed E-state index contributed by atoms with van der Waals surface area (Å²) in [5.74, 6) is -0.205. The molecule has 1 aromatic heterocycles. The lowest BCUT2D eigenvalue weighted by atomic mass is 10.4. The average molecular weight is 225 g/mol. The van der Waals surface area contributed by atoms with Gasteiger partial charge in [-0.1, -0.05) is 0 Å². The van der Waals surface area contributed by atoms with E-state index in [-0.39, 0.29) is 5.69 Å². The Morgan fingerprint density at radius 3 is 2.81 bits per heavy atom. The minimum atomic E-state index is -0.983. The van der Waals surface area contributed by atoms with Gasteiger partial charge in [0.25, 0.3) is 0 Å². The summed E-state index contributed by atoms with van der Waals surface area (Å²) >= 11 is 0. The third-order valence-corrected chi connectivity index (χ3v) is 2.66. The second-order valence-corrected chi connectivity index (χ2v) is 3.85. The van der Waals surface area contributed by atoms with E-state index < -0.39 is 5.97 Å². The molecule has 1 aliphatic heterocycles. The molecule has 16 heavy (non-hydrogen) atoms. The highest BCUT2D eigenvalue weighted by Crippen LogP contribution is 2.07. The van der Waals surface area contributed by atoms with Crippen LogP contribution >= 0.6 is 0 Å². The summed E-state index contributed by atoms with van der Waals surface area (Å²) in [4.78, 5) is 17.0. The van der Waals surface area contributed by atoms with Crippen molar-refractivity contribution in [2.45, 2.75) is 6.54 Å². The second kappa shape index (κ2) is 4.63. The molecule has 1 fully saturated rings. The standard InChI is InChI=1S/C10H15N3O3/c1-12-6-8(10(14)15)11-9(12)7-13-2-4-16-5-3-13/h6H,2-5,7H2,1H3,(H,14,15). The number of hydrogen-bond donors (Lipinski definition) is 1. The molecule has 2 rings (SSSR count). The monoisotopic (exact) mass is 225 g/mol. The van der Waals surface area contributed by atoms with Gasteiger partial charge in [0.1, 0.15) is 5.82 Å². The molecule has 1 aliphatic rings. The molecule has 6 nitrogen and oxygen atoms in total. The van der Waals surface area contributed by atoms with Gasteiger partial charge in [-0.3, -0.25) is 4.90 Å². The summed E-state index contributed by atoms with van der Waals surface area (Å²) in [5, 5.41) is 8.82. The maximum Gasteiger partial charge on any atom is 0.356 e. The number of morpholine rings is 1. The van der Waals surface area contributed by atoms with E-state index in [9.17, 15) is 4.79 Å². The van der Waals surface area contributed by atoms with Crippen molar-refractivity contribution in [1.29, 1.82) is 0 Å². The van der Waals surface area contributed by atoms with Crippen LogP contribution in [0.25, 0.3) is 0 Å². The molecule has 0 atom stereocenters. The first-order valence-electron chi connectivity index (χ1n) is 5.22. The van der Waals surface area contributed by atoms with Gasteiger partial charge < -0.3 is 14.4 Å². The quantitative estimate of drug-likeness (QED) is 0.781. The minimum absolute atomic E-state index is 0.103. The molecule has 2 heterocycles. The van der Waals surface area contributed by atoms with Gasteiger partial charge >= 0.3 is 5.97 Å². The van der Waals surface area contributed by atoms with E-state index in [4.69, 9.17) is 9.84 Å². The molecule has 0 unspecified atom stereocenters. The number of aromatic carboxylic acids is 1. The van der Waals surface area contributed by atoms with Gasteiger partial charge in [0, 0.05) is 26.3 Å². The van der Waals surface area contributed by atoms with Crippen molar-refractivity contribution in [3.05, 3.63) is 17.7 Å². The number of aryl methyl sites for hydroxylation is 1. The van der Waals surface area contributed by atoms with Gasteiger partial charge in [-0.15, -0.1) is 0 Å². The second-order valence-electron chi connectivity index (χ2n) is 3.85. The van der Waals surface area contributed by atoms with Crippen molar-refractivity contribution >= 4 is 5.97 Å². The summed E-state index contributed by atoms with van der Waals surface area (Å²) in [7, 11) is 1.81. The van der Waals surface area contributed by atoms with Gasteiger partial charge in [0.05, 0.1) is 19.8 Å². The molecule has 0 saturated carbocycles. The van der Waals surface area contributed by atoms with Crippen LogP contribution in [0, 0.1) is 0 Å². The van der Waals surface area contributed by atoms with Crippen molar-refractivity contribution in [3.8, 4) is 0 Å². The Morgan fingerprint density at radius 2 is 2.25 bits per heavy atom. The molecule has 0 aliphatic carbocycles. The van der Waals surface area contributed by atoms with Crippen LogP contribution in [0.1, 0.15) is 16.3 Å². The molecule has 0 bridgehead atoms. The molecule has 88 valence electrons. The Balaban J connectivity index is 2.05. The summed E-state index contributed by atoms with van der Waals surface area (Å²) in [6.45, 7) is 3.88. The molecule has 1 N–H and O–H groups in total. The third kappa shape index (κ3) is 2.40. The average Bonchev–Trinajstić information content (AvgIpc) is 2.62. The molecular weight excluding hydrogens is 210 g/mol. The Bertz CT molecular complexity index is 383. The van der Waals surface area contributed by atoms with Gasteiger partial charge in [-0.2, -0.15) is 0 Å². The van der Waals surface area contributed by atoms with E-state index in [2.05, 4.69) is 9.88 Å². The Labute approximate surface area is 93.4 Å². The highest BCUT2D eigenvalue weighted by molar-refractivity contribution is 5.85. The van der Waals surface area contributed by atoms with Crippen molar-refractivity contribution in [2.24, 2.45) is 7.05 Å². The van der Waals surface area contributed by atoms with Crippen molar-refractivity contribution in [2.75, 3.05) is 26.3 Å².